The van der Waals surface area contributed by atoms with E-state index in [-0.39, 0.29) is 0 Å². The highest BCUT2D eigenvalue weighted by Gasteiger charge is 2.36. The monoisotopic (exact) mass is 248 g/mol. The molecule has 0 amide bonds. The van der Waals surface area contributed by atoms with Gasteiger partial charge in [0.1, 0.15) is 0 Å². The van der Waals surface area contributed by atoms with Crippen LogP contribution in [-0.2, 0) is 10.8 Å². The van der Waals surface area contributed by atoms with Crippen LogP contribution in [0.25, 0.3) is 0 Å². The van der Waals surface area contributed by atoms with Gasteiger partial charge in [0.25, 0.3) is 0 Å². The van der Waals surface area contributed by atoms with Crippen molar-refractivity contribution in [2.75, 3.05) is 0 Å². The molecule has 0 saturated heterocycles. The van der Waals surface area contributed by atoms with Crippen molar-refractivity contribution < 1.29 is 0 Å². The van der Waals surface area contributed by atoms with E-state index in [1.54, 1.807) is 11.1 Å². The van der Waals surface area contributed by atoms with Crippen LogP contribution in [0, 0.1) is 0 Å². The summed E-state index contributed by atoms with van der Waals surface area (Å²) in [6.45, 7) is 11.8. The third-order valence-corrected chi connectivity index (χ3v) is 4.79. The van der Waals surface area contributed by atoms with Crippen molar-refractivity contribution in [3.8, 4) is 0 Å². The van der Waals surface area contributed by atoms with Crippen molar-refractivity contribution in [2.45, 2.75) is 63.9 Å². The summed E-state index contributed by atoms with van der Waals surface area (Å²) in [7, 11) is 2.90. The molecule has 1 aliphatic carbocycles. The first-order chi connectivity index (χ1) is 7.74. The molecule has 2 unspecified atom stereocenters. The third kappa shape index (κ3) is 2.29. The minimum atomic E-state index is 0.334. The van der Waals surface area contributed by atoms with E-state index in [9.17, 15) is 0 Å². The van der Waals surface area contributed by atoms with Gasteiger partial charge in [-0.25, -0.2) is 0 Å². The fraction of sp³-hybridized carbons (Fsp3) is 0.625. The van der Waals surface area contributed by atoms with Crippen molar-refractivity contribution >= 4 is 9.24 Å². The third-order valence-electron chi connectivity index (χ3n) is 4.40. The number of hydrogen-bond donors (Lipinski definition) is 0. The largest absolute Gasteiger partial charge is 0.130 e. The number of fused-ring (bicyclic) bond motifs is 1. The number of rotatable bonds is 1. The Bertz CT molecular complexity index is 427. The van der Waals surface area contributed by atoms with Gasteiger partial charge in [-0.2, -0.15) is 0 Å². The van der Waals surface area contributed by atoms with Crippen LogP contribution in [0.2, 0.25) is 0 Å². The van der Waals surface area contributed by atoms with Crippen LogP contribution in [0.15, 0.2) is 18.2 Å². The van der Waals surface area contributed by atoms with Gasteiger partial charge in [0.05, 0.1) is 0 Å². The molecular weight excluding hydrogens is 223 g/mol. The standard InChI is InChI=1S/C16H25P/c1-11(17)12-6-7-13-14(10-12)16(4,5)9-8-15(13,2)3/h6-7,10-11H,8-9,17H2,1-5H3. The van der Waals surface area contributed by atoms with Crippen molar-refractivity contribution in [3.63, 3.8) is 0 Å². The van der Waals surface area contributed by atoms with Crippen LogP contribution in [0.4, 0.5) is 0 Å². The number of hydrogen-bond acceptors (Lipinski definition) is 0. The van der Waals surface area contributed by atoms with E-state index in [4.69, 9.17) is 0 Å². The van der Waals surface area contributed by atoms with Gasteiger partial charge in [0.2, 0.25) is 0 Å². The Morgan fingerprint density at radius 3 is 2.06 bits per heavy atom. The quantitative estimate of drug-likeness (QED) is 0.615. The maximum absolute atomic E-state index is 2.90. The molecule has 2 rings (SSSR count). The maximum Gasteiger partial charge on any atom is -0.00427 e. The minimum absolute atomic E-state index is 0.334. The lowest BCUT2D eigenvalue weighted by Gasteiger charge is -2.42. The fourth-order valence-electron chi connectivity index (χ4n) is 2.89. The lowest BCUT2D eigenvalue weighted by Crippen LogP contribution is -2.33. The summed E-state index contributed by atoms with van der Waals surface area (Å²) in [5, 5.41) is 0. The van der Waals surface area contributed by atoms with E-state index < -0.39 is 0 Å². The van der Waals surface area contributed by atoms with Crippen molar-refractivity contribution in [2.24, 2.45) is 0 Å². The molecule has 0 saturated carbocycles. The zero-order valence-corrected chi connectivity index (χ0v) is 13.0. The second-order valence-corrected chi connectivity index (χ2v) is 7.86. The highest BCUT2D eigenvalue weighted by atomic mass is 31.0. The van der Waals surface area contributed by atoms with Crippen LogP contribution >= 0.6 is 9.24 Å². The molecule has 0 bridgehead atoms. The van der Waals surface area contributed by atoms with Gasteiger partial charge in [-0.05, 0) is 46.0 Å². The van der Waals surface area contributed by atoms with Crippen LogP contribution in [-0.4, -0.2) is 0 Å². The van der Waals surface area contributed by atoms with Crippen LogP contribution in [0.3, 0.4) is 0 Å². The first-order valence-electron chi connectivity index (χ1n) is 6.64. The molecule has 1 aromatic rings. The molecule has 0 nitrogen and oxygen atoms in total. The Balaban J connectivity index is 2.60. The van der Waals surface area contributed by atoms with Gasteiger partial charge in [-0.3, -0.25) is 0 Å². The molecule has 1 heteroatoms. The average Bonchev–Trinajstić information content (AvgIpc) is 2.24. The summed E-state index contributed by atoms with van der Waals surface area (Å²) in [4.78, 5) is 0. The molecule has 17 heavy (non-hydrogen) atoms. The van der Waals surface area contributed by atoms with Gasteiger partial charge in [0, 0.05) is 0 Å². The Morgan fingerprint density at radius 2 is 1.53 bits per heavy atom. The maximum atomic E-state index is 2.90. The molecule has 0 N–H and O–H groups in total. The molecule has 0 aliphatic heterocycles. The van der Waals surface area contributed by atoms with E-state index in [0.29, 0.717) is 16.5 Å². The summed E-state index contributed by atoms with van der Waals surface area (Å²) in [6.07, 6.45) is 2.59. The Labute approximate surface area is 108 Å². The van der Waals surface area contributed by atoms with Crippen LogP contribution in [0.1, 0.15) is 69.8 Å². The average molecular weight is 248 g/mol. The Kier molecular flexibility index (Phi) is 3.15. The first kappa shape index (κ1) is 13.1. The molecule has 1 aliphatic rings. The smallest absolute Gasteiger partial charge is 0.00427 e. The lowest BCUT2D eigenvalue weighted by molar-refractivity contribution is 0.331. The summed E-state index contributed by atoms with van der Waals surface area (Å²) in [5.41, 5.74) is 5.79. The van der Waals surface area contributed by atoms with Gasteiger partial charge in [0.15, 0.2) is 0 Å². The van der Waals surface area contributed by atoms with Crippen molar-refractivity contribution in [1.82, 2.24) is 0 Å². The predicted octanol–water partition coefficient (Wildman–Crippen LogP) is 4.97. The van der Waals surface area contributed by atoms with Gasteiger partial charge in [-0.1, -0.05) is 52.8 Å². The van der Waals surface area contributed by atoms with E-state index in [2.05, 4.69) is 62.1 Å². The summed E-state index contributed by atoms with van der Waals surface area (Å²) in [5.74, 6) is 0. The Morgan fingerprint density at radius 1 is 1.00 bits per heavy atom. The summed E-state index contributed by atoms with van der Waals surface area (Å²) < 4.78 is 0. The molecule has 0 fully saturated rings. The molecule has 0 radical (unpaired) electrons. The van der Waals surface area contributed by atoms with Gasteiger partial charge >= 0.3 is 0 Å². The Hall–Kier alpha value is -0.350. The highest BCUT2D eigenvalue weighted by molar-refractivity contribution is 7.17. The second kappa shape index (κ2) is 4.09. The summed E-state index contributed by atoms with van der Waals surface area (Å²) >= 11 is 0. The van der Waals surface area contributed by atoms with Crippen molar-refractivity contribution in [3.05, 3.63) is 34.9 Å². The molecule has 0 spiro atoms. The lowest BCUT2D eigenvalue weighted by atomic mass is 9.63. The predicted molar refractivity (Wildman–Crippen MR) is 79.9 cm³/mol. The first-order valence-corrected chi connectivity index (χ1v) is 7.31. The second-order valence-electron chi connectivity index (χ2n) is 6.86. The topological polar surface area (TPSA) is 0 Å². The van der Waals surface area contributed by atoms with E-state index in [1.807, 2.05) is 0 Å². The van der Waals surface area contributed by atoms with Gasteiger partial charge < -0.3 is 0 Å². The zero-order chi connectivity index (χ0) is 12.8. The molecule has 2 atom stereocenters. The van der Waals surface area contributed by atoms with E-state index in [0.717, 1.165) is 0 Å². The molecule has 1 aromatic carbocycles. The van der Waals surface area contributed by atoms with Crippen LogP contribution < -0.4 is 0 Å². The highest BCUT2D eigenvalue weighted by Crippen LogP contribution is 2.46. The van der Waals surface area contributed by atoms with Gasteiger partial charge in [-0.15, -0.1) is 9.24 Å². The van der Waals surface area contributed by atoms with E-state index in [1.165, 1.54) is 18.4 Å². The van der Waals surface area contributed by atoms with Crippen molar-refractivity contribution in [1.29, 1.82) is 0 Å². The number of benzene rings is 1. The normalized spacial score (nSPS) is 22.9. The summed E-state index contributed by atoms with van der Waals surface area (Å²) in [6, 6.07) is 7.11. The zero-order valence-electron chi connectivity index (χ0n) is 11.8. The van der Waals surface area contributed by atoms with E-state index >= 15 is 0 Å². The molecular formula is C16H25P. The fourth-order valence-corrected chi connectivity index (χ4v) is 3.10. The molecule has 0 aromatic heterocycles. The SMILES string of the molecule is CC(P)c1ccc2c(c1)C(C)(C)CCC2(C)C. The molecule has 0 heterocycles. The minimum Gasteiger partial charge on any atom is -0.130 e. The molecule has 94 valence electrons. The van der Waals surface area contributed by atoms with Crippen LogP contribution in [0.5, 0.6) is 0 Å².